The van der Waals surface area contributed by atoms with Crippen LogP contribution >= 0.6 is 0 Å². The Morgan fingerprint density at radius 3 is 2.93 bits per heavy atom. The van der Waals surface area contributed by atoms with Crippen LogP contribution in [0, 0.1) is 0 Å². The number of hydrogen-bond acceptors (Lipinski definition) is 3. The second-order valence-electron chi connectivity index (χ2n) is 2.71. The molecule has 0 spiro atoms. The molecule has 4 heteroatoms. The molecular formula is C11H11NO3. The zero-order chi connectivity index (χ0) is 11.3. The van der Waals surface area contributed by atoms with E-state index in [-0.39, 0.29) is 5.69 Å². The van der Waals surface area contributed by atoms with Crippen molar-refractivity contribution in [3.8, 4) is 0 Å². The normalized spacial score (nSPS) is 10.2. The summed E-state index contributed by atoms with van der Waals surface area (Å²) in [5.41, 5.74) is 1.18. The summed E-state index contributed by atoms with van der Waals surface area (Å²) in [5.74, 6) is -1.07. The molecule has 0 aliphatic heterocycles. The van der Waals surface area contributed by atoms with Crippen LogP contribution in [0.5, 0.6) is 0 Å². The number of hydrogen-bond donors (Lipinski definition) is 1. The lowest BCUT2D eigenvalue weighted by Gasteiger charge is -2.03. The zero-order valence-electron chi connectivity index (χ0n) is 8.30. The first-order valence-corrected chi connectivity index (χ1v) is 4.24. The third-order valence-corrected chi connectivity index (χ3v) is 1.81. The third kappa shape index (κ3) is 2.43. The van der Waals surface area contributed by atoms with Gasteiger partial charge in [-0.2, -0.15) is 0 Å². The highest BCUT2D eigenvalue weighted by molar-refractivity contribution is 5.91. The van der Waals surface area contributed by atoms with Gasteiger partial charge in [0.15, 0.2) is 5.69 Å². The van der Waals surface area contributed by atoms with Gasteiger partial charge in [-0.05, 0) is 17.7 Å². The monoisotopic (exact) mass is 205 g/mol. The number of pyridine rings is 1. The number of ether oxygens (including phenoxy) is 1. The van der Waals surface area contributed by atoms with Gasteiger partial charge in [0.05, 0.1) is 13.4 Å². The van der Waals surface area contributed by atoms with Gasteiger partial charge in [0.1, 0.15) is 0 Å². The summed E-state index contributed by atoms with van der Waals surface area (Å²) in [6.45, 7) is 3.56. The summed E-state index contributed by atoms with van der Waals surface area (Å²) in [6, 6.07) is 1.69. The standard InChI is InChI=1S/C11H11NO3/c1-3-9-8(5-7-15-2)4-6-12-10(9)11(13)14/h3-7H,1H2,2H3,(H,13,14)/b7-5+. The fourth-order valence-electron chi connectivity index (χ4n) is 1.16. The van der Waals surface area contributed by atoms with Crippen LogP contribution in [-0.4, -0.2) is 23.2 Å². The Balaban J connectivity index is 3.28. The van der Waals surface area contributed by atoms with Gasteiger partial charge in [-0.25, -0.2) is 9.78 Å². The zero-order valence-corrected chi connectivity index (χ0v) is 8.30. The number of carbonyl (C=O) groups is 1. The molecule has 0 bridgehead atoms. The van der Waals surface area contributed by atoms with Gasteiger partial charge < -0.3 is 9.84 Å². The van der Waals surface area contributed by atoms with Gasteiger partial charge >= 0.3 is 5.97 Å². The molecule has 1 rings (SSSR count). The fraction of sp³-hybridized carbons (Fsp3) is 0.0909. The van der Waals surface area contributed by atoms with Crippen molar-refractivity contribution in [3.05, 3.63) is 41.9 Å². The molecule has 1 aromatic rings. The average Bonchev–Trinajstić information content (AvgIpc) is 2.25. The van der Waals surface area contributed by atoms with Crippen LogP contribution in [-0.2, 0) is 4.74 Å². The van der Waals surface area contributed by atoms with Crippen LogP contribution in [0.3, 0.4) is 0 Å². The summed E-state index contributed by atoms with van der Waals surface area (Å²) in [4.78, 5) is 14.6. The molecule has 0 aliphatic carbocycles. The molecule has 0 unspecified atom stereocenters. The Morgan fingerprint density at radius 2 is 2.40 bits per heavy atom. The molecule has 0 saturated heterocycles. The lowest BCUT2D eigenvalue weighted by atomic mass is 10.1. The maximum Gasteiger partial charge on any atom is 0.355 e. The van der Waals surface area contributed by atoms with Crippen LogP contribution in [0.1, 0.15) is 21.6 Å². The average molecular weight is 205 g/mol. The van der Waals surface area contributed by atoms with Crippen molar-refractivity contribution in [3.63, 3.8) is 0 Å². The van der Waals surface area contributed by atoms with Gasteiger partial charge in [0.25, 0.3) is 0 Å². The molecule has 78 valence electrons. The minimum Gasteiger partial charge on any atom is -0.504 e. The Kier molecular flexibility index (Phi) is 3.62. The highest BCUT2D eigenvalue weighted by atomic mass is 16.5. The first-order chi connectivity index (χ1) is 7.20. The Hall–Kier alpha value is -2.10. The molecule has 1 N–H and O–H groups in total. The van der Waals surface area contributed by atoms with Crippen molar-refractivity contribution >= 4 is 18.1 Å². The van der Waals surface area contributed by atoms with Crippen molar-refractivity contribution in [1.29, 1.82) is 0 Å². The number of carboxylic acids is 1. The molecule has 0 amide bonds. The fourth-order valence-corrected chi connectivity index (χ4v) is 1.16. The van der Waals surface area contributed by atoms with E-state index in [0.717, 1.165) is 0 Å². The summed E-state index contributed by atoms with van der Waals surface area (Å²) in [5, 5.41) is 8.88. The quantitative estimate of drug-likeness (QED) is 0.764. The highest BCUT2D eigenvalue weighted by Crippen LogP contribution is 2.15. The predicted molar refractivity (Wildman–Crippen MR) is 57.3 cm³/mol. The second-order valence-corrected chi connectivity index (χ2v) is 2.71. The van der Waals surface area contributed by atoms with Crippen LogP contribution in [0.15, 0.2) is 25.1 Å². The van der Waals surface area contributed by atoms with Crippen molar-refractivity contribution in [2.75, 3.05) is 7.11 Å². The minimum atomic E-state index is -1.07. The van der Waals surface area contributed by atoms with E-state index in [0.29, 0.717) is 11.1 Å². The summed E-state index contributed by atoms with van der Waals surface area (Å²) >= 11 is 0. The van der Waals surface area contributed by atoms with E-state index in [1.54, 1.807) is 12.1 Å². The number of aromatic nitrogens is 1. The molecule has 0 aliphatic rings. The predicted octanol–water partition coefficient (Wildman–Crippen LogP) is 2.04. The molecule has 0 radical (unpaired) electrons. The first kappa shape index (κ1) is 11.0. The van der Waals surface area contributed by atoms with E-state index in [9.17, 15) is 4.79 Å². The molecule has 1 heterocycles. The van der Waals surface area contributed by atoms with Gasteiger partial charge in [-0.1, -0.05) is 12.7 Å². The van der Waals surface area contributed by atoms with Gasteiger partial charge in [-0.3, -0.25) is 0 Å². The third-order valence-electron chi connectivity index (χ3n) is 1.81. The lowest BCUT2D eigenvalue weighted by Crippen LogP contribution is -2.04. The van der Waals surface area contributed by atoms with E-state index < -0.39 is 5.97 Å². The van der Waals surface area contributed by atoms with Gasteiger partial charge in [0.2, 0.25) is 0 Å². The maximum atomic E-state index is 10.8. The molecule has 4 nitrogen and oxygen atoms in total. The van der Waals surface area contributed by atoms with E-state index in [1.807, 2.05) is 0 Å². The van der Waals surface area contributed by atoms with Crippen LogP contribution < -0.4 is 0 Å². The first-order valence-electron chi connectivity index (χ1n) is 4.24. The summed E-state index contributed by atoms with van der Waals surface area (Å²) in [6.07, 6.45) is 6.02. The van der Waals surface area contributed by atoms with Crippen LogP contribution in [0.4, 0.5) is 0 Å². The van der Waals surface area contributed by atoms with Crippen molar-refractivity contribution < 1.29 is 14.6 Å². The number of aromatic carboxylic acids is 1. The van der Waals surface area contributed by atoms with E-state index in [2.05, 4.69) is 11.6 Å². The SMILES string of the molecule is C=Cc1c(/C=C/OC)ccnc1C(=O)O. The molecule has 0 saturated carbocycles. The molecule has 0 fully saturated rings. The van der Waals surface area contributed by atoms with Gasteiger partial charge in [0, 0.05) is 11.8 Å². The van der Waals surface area contributed by atoms with Crippen molar-refractivity contribution in [2.24, 2.45) is 0 Å². The van der Waals surface area contributed by atoms with Crippen LogP contribution in [0.25, 0.3) is 12.2 Å². The Morgan fingerprint density at radius 1 is 1.67 bits per heavy atom. The number of methoxy groups -OCH3 is 1. The smallest absolute Gasteiger partial charge is 0.355 e. The second kappa shape index (κ2) is 4.95. The molecule has 1 aromatic heterocycles. The highest BCUT2D eigenvalue weighted by Gasteiger charge is 2.11. The van der Waals surface area contributed by atoms with Gasteiger partial charge in [-0.15, -0.1) is 0 Å². The Labute approximate surface area is 87.5 Å². The number of rotatable bonds is 4. The molecule has 0 aromatic carbocycles. The molecule has 0 atom stereocenters. The lowest BCUT2D eigenvalue weighted by molar-refractivity contribution is 0.0690. The Bertz CT molecular complexity index is 410. The summed E-state index contributed by atoms with van der Waals surface area (Å²) in [7, 11) is 1.52. The van der Waals surface area contributed by atoms with Crippen molar-refractivity contribution in [1.82, 2.24) is 4.98 Å². The molecular weight excluding hydrogens is 194 g/mol. The number of carboxylic acid groups (broad SMARTS) is 1. The van der Waals surface area contributed by atoms with E-state index in [4.69, 9.17) is 9.84 Å². The van der Waals surface area contributed by atoms with E-state index in [1.165, 1.54) is 25.6 Å². The van der Waals surface area contributed by atoms with Crippen molar-refractivity contribution in [2.45, 2.75) is 0 Å². The topological polar surface area (TPSA) is 59.4 Å². The summed E-state index contributed by atoms with van der Waals surface area (Å²) < 4.78 is 4.76. The van der Waals surface area contributed by atoms with E-state index >= 15 is 0 Å². The maximum absolute atomic E-state index is 10.8. The molecule has 15 heavy (non-hydrogen) atoms. The minimum absolute atomic E-state index is 0.0109. The van der Waals surface area contributed by atoms with Crippen LogP contribution in [0.2, 0.25) is 0 Å². The largest absolute Gasteiger partial charge is 0.504 e. The number of nitrogens with zero attached hydrogens (tertiary/aromatic N) is 1.